The SMILES string of the molecule is C=C/C=C(\C(=C)C)c1ccc(NC(=O)C2=CC3=C(CC2)SCCC3)cc1. The molecule has 0 unspecified atom stereocenters. The van der Waals surface area contributed by atoms with Gasteiger partial charge in [-0.15, -0.1) is 11.8 Å². The number of nitrogens with one attached hydrogen (secondary N) is 1. The lowest BCUT2D eigenvalue weighted by Crippen LogP contribution is -2.17. The average Bonchev–Trinajstić information content (AvgIpc) is 2.66. The van der Waals surface area contributed by atoms with E-state index in [0.29, 0.717) is 0 Å². The molecule has 134 valence electrons. The molecule has 2 nitrogen and oxygen atoms in total. The second kappa shape index (κ2) is 8.41. The summed E-state index contributed by atoms with van der Waals surface area (Å²) in [7, 11) is 0. The summed E-state index contributed by atoms with van der Waals surface area (Å²) in [5.41, 5.74) is 6.20. The van der Waals surface area contributed by atoms with Crippen molar-refractivity contribution >= 4 is 28.9 Å². The minimum absolute atomic E-state index is 0.0154. The van der Waals surface area contributed by atoms with Crippen molar-refractivity contribution in [1.29, 1.82) is 0 Å². The molecule has 2 aliphatic rings. The van der Waals surface area contributed by atoms with E-state index in [9.17, 15) is 4.79 Å². The molecule has 0 aromatic heterocycles. The molecule has 1 N–H and O–H groups in total. The molecule has 1 aliphatic carbocycles. The van der Waals surface area contributed by atoms with Crippen molar-refractivity contribution in [2.45, 2.75) is 32.6 Å². The fourth-order valence-electron chi connectivity index (χ4n) is 3.33. The highest BCUT2D eigenvalue weighted by Crippen LogP contribution is 2.38. The lowest BCUT2D eigenvalue weighted by Gasteiger charge is -2.23. The molecule has 1 heterocycles. The van der Waals surface area contributed by atoms with E-state index in [-0.39, 0.29) is 5.91 Å². The van der Waals surface area contributed by atoms with Gasteiger partial charge < -0.3 is 5.32 Å². The Hall–Kier alpha value is -2.26. The molecule has 1 aliphatic heterocycles. The van der Waals surface area contributed by atoms with E-state index >= 15 is 0 Å². The first-order chi connectivity index (χ1) is 12.6. The summed E-state index contributed by atoms with van der Waals surface area (Å²) in [6.45, 7) is 9.76. The van der Waals surface area contributed by atoms with Crippen LogP contribution < -0.4 is 5.32 Å². The highest BCUT2D eigenvalue weighted by molar-refractivity contribution is 8.03. The second-order valence-corrected chi connectivity index (χ2v) is 7.89. The smallest absolute Gasteiger partial charge is 0.251 e. The molecule has 0 radical (unpaired) electrons. The predicted molar refractivity (Wildman–Crippen MR) is 114 cm³/mol. The summed E-state index contributed by atoms with van der Waals surface area (Å²) in [4.78, 5) is 14.1. The lowest BCUT2D eigenvalue weighted by atomic mass is 9.95. The average molecular weight is 364 g/mol. The Bertz CT molecular complexity index is 824. The minimum Gasteiger partial charge on any atom is -0.322 e. The Morgan fingerprint density at radius 3 is 2.65 bits per heavy atom. The van der Waals surface area contributed by atoms with Crippen molar-refractivity contribution in [3.8, 4) is 0 Å². The van der Waals surface area contributed by atoms with Crippen molar-refractivity contribution in [2.75, 3.05) is 11.1 Å². The van der Waals surface area contributed by atoms with Crippen LogP contribution in [0.3, 0.4) is 0 Å². The first-order valence-corrected chi connectivity index (χ1v) is 10.0. The Morgan fingerprint density at radius 1 is 1.19 bits per heavy atom. The van der Waals surface area contributed by atoms with E-state index in [1.807, 2.05) is 49.0 Å². The van der Waals surface area contributed by atoms with Crippen molar-refractivity contribution in [3.63, 3.8) is 0 Å². The highest BCUT2D eigenvalue weighted by Gasteiger charge is 2.20. The van der Waals surface area contributed by atoms with Crippen LogP contribution in [0.4, 0.5) is 5.69 Å². The molecular formula is C23H25NOS. The van der Waals surface area contributed by atoms with E-state index in [1.54, 1.807) is 6.08 Å². The van der Waals surface area contributed by atoms with E-state index in [4.69, 9.17) is 0 Å². The summed E-state index contributed by atoms with van der Waals surface area (Å²) in [5, 5.41) is 3.04. The maximum atomic E-state index is 12.6. The van der Waals surface area contributed by atoms with Crippen molar-refractivity contribution in [3.05, 3.63) is 82.8 Å². The molecule has 0 saturated heterocycles. The van der Waals surface area contributed by atoms with Gasteiger partial charge in [0.05, 0.1) is 0 Å². The molecule has 0 spiro atoms. The van der Waals surface area contributed by atoms with Crippen LogP contribution in [0.2, 0.25) is 0 Å². The van der Waals surface area contributed by atoms with E-state index in [0.717, 1.165) is 47.2 Å². The summed E-state index contributed by atoms with van der Waals surface area (Å²) < 4.78 is 0. The van der Waals surface area contributed by atoms with Gasteiger partial charge in [0.15, 0.2) is 0 Å². The first-order valence-electron chi connectivity index (χ1n) is 9.04. The topological polar surface area (TPSA) is 29.1 Å². The van der Waals surface area contributed by atoms with Gasteiger partial charge >= 0.3 is 0 Å². The van der Waals surface area contributed by atoms with E-state index in [2.05, 4.69) is 24.6 Å². The third-order valence-corrected chi connectivity index (χ3v) is 5.99. The standard InChI is InChI=1S/C23H25NOS/c1-4-6-21(16(2)3)17-8-11-20(12-9-17)24-23(25)19-10-13-22-18(15-19)7-5-14-26-22/h4,6,8-9,11-12,15H,1-2,5,7,10,13-14H2,3H3,(H,24,25)/b21-6+. The fraction of sp³-hybridized carbons (Fsp3) is 0.261. The highest BCUT2D eigenvalue weighted by atomic mass is 32.2. The Kier molecular flexibility index (Phi) is 6.00. The predicted octanol–water partition coefficient (Wildman–Crippen LogP) is 6.27. The maximum Gasteiger partial charge on any atom is 0.251 e. The third kappa shape index (κ3) is 4.28. The lowest BCUT2D eigenvalue weighted by molar-refractivity contribution is -0.113. The van der Waals surface area contributed by atoms with E-state index < -0.39 is 0 Å². The summed E-state index contributed by atoms with van der Waals surface area (Å²) in [6.07, 6.45) is 9.98. The number of anilines is 1. The van der Waals surface area contributed by atoms with Crippen molar-refractivity contribution in [1.82, 2.24) is 0 Å². The quantitative estimate of drug-likeness (QED) is 0.624. The molecule has 0 fully saturated rings. The van der Waals surface area contributed by atoms with Crippen LogP contribution in [0.15, 0.2) is 77.3 Å². The molecule has 0 saturated carbocycles. The van der Waals surface area contributed by atoms with Crippen LogP contribution in [0, 0.1) is 0 Å². The summed E-state index contributed by atoms with van der Waals surface area (Å²) >= 11 is 1.96. The van der Waals surface area contributed by atoms with Gasteiger partial charge in [-0.05, 0) is 78.2 Å². The molecule has 1 aromatic rings. The molecule has 3 rings (SSSR count). The second-order valence-electron chi connectivity index (χ2n) is 6.70. The molecule has 1 aromatic carbocycles. The first kappa shape index (κ1) is 18.5. The monoisotopic (exact) mass is 363 g/mol. The van der Waals surface area contributed by atoms with Gasteiger partial charge in [-0.3, -0.25) is 4.79 Å². The number of thioether (sulfide) groups is 1. The van der Waals surface area contributed by atoms with Gasteiger partial charge in [-0.2, -0.15) is 0 Å². The molecule has 0 atom stereocenters. The summed E-state index contributed by atoms with van der Waals surface area (Å²) in [5.74, 6) is 1.23. The van der Waals surface area contributed by atoms with Gasteiger partial charge in [-0.25, -0.2) is 0 Å². The number of carbonyl (C=O) groups is 1. The van der Waals surface area contributed by atoms with Gasteiger partial charge in [0.1, 0.15) is 0 Å². The largest absolute Gasteiger partial charge is 0.322 e. The fourth-order valence-corrected chi connectivity index (χ4v) is 4.46. The Balaban J connectivity index is 1.71. The van der Waals surface area contributed by atoms with E-state index in [1.165, 1.54) is 22.7 Å². The number of amides is 1. The summed E-state index contributed by atoms with van der Waals surface area (Å²) in [6, 6.07) is 7.90. The van der Waals surface area contributed by atoms with Gasteiger partial charge in [0, 0.05) is 11.3 Å². The zero-order chi connectivity index (χ0) is 18.5. The number of allylic oxidation sites excluding steroid dienone is 7. The van der Waals surface area contributed by atoms with Crippen LogP contribution in [0.5, 0.6) is 0 Å². The van der Waals surface area contributed by atoms with Crippen LogP contribution in [0.25, 0.3) is 5.57 Å². The number of hydrogen-bond acceptors (Lipinski definition) is 2. The van der Waals surface area contributed by atoms with Crippen LogP contribution in [-0.4, -0.2) is 11.7 Å². The van der Waals surface area contributed by atoms with Gasteiger partial charge in [0.2, 0.25) is 0 Å². The molecular weight excluding hydrogens is 338 g/mol. The minimum atomic E-state index is 0.0154. The zero-order valence-electron chi connectivity index (χ0n) is 15.3. The maximum absolute atomic E-state index is 12.6. The molecule has 1 amide bonds. The van der Waals surface area contributed by atoms with Gasteiger partial charge in [-0.1, -0.05) is 43.0 Å². The molecule has 0 bridgehead atoms. The number of carbonyl (C=O) groups excluding carboxylic acids is 1. The zero-order valence-corrected chi connectivity index (χ0v) is 16.1. The number of benzene rings is 1. The number of rotatable bonds is 5. The van der Waals surface area contributed by atoms with Crippen molar-refractivity contribution < 1.29 is 4.79 Å². The Labute approximate surface area is 160 Å². The van der Waals surface area contributed by atoms with Crippen molar-refractivity contribution in [2.24, 2.45) is 0 Å². The molecule has 3 heteroatoms. The third-order valence-electron chi connectivity index (χ3n) is 4.68. The molecule has 26 heavy (non-hydrogen) atoms. The normalized spacial score (nSPS) is 17.3. The van der Waals surface area contributed by atoms with Crippen LogP contribution in [-0.2, 0) is 4.79 Å². The number of hydrogen-bond donors (Lipinski definition) is 1. The van der Waals surface area contributed by atoms with Gasteiger partial charge in [0.25, 0.3) is 5.91 Å². The van der Waals surface area contributed by atoms with Crippen LogP contribution in [0.1, 0.15) is 38.2 Å². The van der Waals surface area contributed by atoms with Crippen LogP contribution >= 0.6 is 11.8 Å². The Morgan fingerprint density at radius 2 is 1.96 bits per heavy atom.